The van der Waals surface area contributed by atoms with Crippen LogP contribution in [-0.4, -0.2) is 25.3 Å². The second kappa shape index (κ2) is 7.88. The molecule has 0 atom stereocenters. The Hall–Kier alpha value is -2.58. The highest BCUT2D eigenvalue weighted by atomic mass is 16.5. The number of pyridine rings is 1. The highest BCUT2D eigenvalue weighted by molar-refractivity contribution is 5.45. The van der Waals surface area contributed by atoms with Gasteiger partial charge in [0.1, 0.15) is 6.61 Å². The second-order valence-corrected chi connectivity index (χ2v) is 4.35. The molecule has 1 aromatic carbocycles. The average Bonchev–Trinajstić information content (AvgIpc) is 2.54. The zero-order valence-electron chi connectivity index (χ0n) is 11.9. The van der Waals surface area contributed by atoms with Crippen LogP contribution in [-0.2, 0) is 11.3 Å². The Morgan fingerprint density at radius 1 is 1.19 bits per heavy atom. The number of rotatable bonds is 7. The smallest absolute Gasteiger partial charge is 0.213 e. The SMILES string of the molecule is COCCOc1ccc(NCc2ccccc2C#N)cn1. The second-order valence-electron chi connectivity index (χ2n) is 4.35. The highest BCUT2D eigenvalue weighted by Gasteiger charge is 2.01. The summed E-state index contributed by atoms with van der Waals surface area (Å²) in [5.74, 6) is 0.565. The molecule has 5 nitrogen and oxygen atoms in total. The first-order chi connectivity index (χ1) is 10.3. The molecule has 5 heteroatoms. The minimum atomic E-state index is 0.478. The van der Waals surface area contributed by atoms with Crippen molar-refractivity contribution in [2.45, 2.75) is 6.54 Å². The van der Waals surface area contributed by atoms with Gasteiger partial charge in [-0.3, -0.25) is 0 Å². The van der Waals surface area contributed by atoms with Crippen molar-refractivity contribution in [2.24, 2.45) is 0 Å². The number of hydrogen-bond donors (Lipinski definition) is 1. The van der Waals surface area contributed by atoms with E-state index in [2.05, 4.69) is 16.4 Å². The largest absolute Gasteiger partial charge is 0.475 e. The molecule has 0 radical (unpaired) electrons. The van der Waals surface area contributed by atoms with Gasteiger partial charge >= 0.3 is 0 Å². The summed E-state index contributed by atoms with van der Waals surface area (Å²) < 4.78 is 10.3. The van der Waals surface area contributed by atoms with Gasteiger partial charge in [0, 0.05) is 19.7 Å². The molecule has 108 valence electrons. The number of anilines is 1. The topological polar surface area (TPSA) is 67.2 Å². The van der Waals surface area contributed by atoms with Gasteiger partial charge in [0.25, 0.3) is 0 Å². The lowest BCUT2D eigenvalue weighted by Gasteiger charge is -2.09. The van der Waals surface area contributed by atoms with Crippen LogP contribution < -0.4 is 10.1 Å². The van der Waals surface area contributed by atoms with Crippen molar-refractivity contribution in [1.82, 2.24) is 4.98 Å². The van der Waals surface area contributed by atoms with E-state index in [9.17, 15) is 0 Å². The molecule has 0 aliphatic heterocycles. The summed E-state index contributed by atoms with van der Waals surface area (Å²) in [6.45, 7) is 1.59. The lowest BCUT2D eigenvalue weighted by atomic mass is 10.1. The van der Waals surface area contributed by atoms with Gasteiger partial charge in [-0.2, -0.15) is 5.26 Å². The number of hydrogen-bond acceptors (Lipinski definition) is 5. The van der Waals surface area contributed by atoms with Crippen LogP contribution in [0.1, 0.15) is 11.1 Å². The van der Waals surface area contributed by atoms with Gasteiger partial charge in [0.15, 0.2) is 0 Å². The molecule has 1 N–H and O–H groups in total. The third kappa shape index (κ3) is 4.48. The highest BCUT2D eigenvalue weighted by Crippen LogP contribution is 2.14. The monoisotopic (exact) mass is 283 g/mol. The molecule has 0 fully saturated rings. The summed E-state index contributed by atoms with van der Waals surface area (Å²) in [5, 5.41) is 12.3. The molecule has 21 heavy (non-hydrogen) atoms. The first-order valence-electron chi connectivity index (χ1n) is 6.63. The lowest BCUT2D eigenvalue weighted by molar-refractivity contribution is 0.144. The molecule has 0 bridgehead atoms. The molecule has 0 saturated heterocycles. The Balaban J connectivity index is 1.90. The number of nitrogens with one attached hydrogen (secondary N) is 1. The average molecular weight is 283 g/mol. The van der Waals surface area contributed by atoms with Gasteiger partial charge in [0.2, 0.25) is 5.88 Å². The van der Waals surface area contributed by atoms with Crippen LogP contribution in [0.25, 0.3) is 0 Å². The number of aromatic nitrogens is 1. The van der Waals surface area contributed by atoms with Crippen LogP contribution in [0.2, 0.25) is 0 Å². The van der Waals surface area contributed by atoms with Gasteiger partial charge in [-0.15, -0.1) is 0 Å². The molecule has 2 aromatic rings. The summed E-state index contributed by atoms with van der Waals surface area (Å²) in [6.07, 6.45) is 1.71. The molecule has 2 rings (SSSR count). The van der Waals surface area contributed by atoms with Gasteiger partial charge < -0.3 is 14.8 Å². The molecule has 0 saturated carbocycles. The van der Waals surface area contributed by atoms with E-state index >= 15 is 0 Å². The van der Waals surface area contributed by atoms with E-state index in [4.69, 9.17) is 14.7 Å². The van der Waals surface area contributed by atoms with E-state index in [1.807, 2.05) is 30.3 Å². The molecule has 0 aliphatic rings. The number of benzene rings is 1. The zero-order chi connectivity index (χ0) is 14.9. The molecule has 0 aliphatic carbocycles. The van der Waals surface area contributed by atoms with E-state index in [1.54, 1.807) is 19.4 Å². The maximum atomic E-state index is 9.04. The predicted molar refractivity (Wildman–Crippen MR) is 80.1 cm³/mol. The Bertz CT molecular complexity index is 606. The molecule has 0 spiro atoms. The van der Waals surface area contributed by atoms with Gasteiger partial charge in [-0.1, -0.05) is 18.2 Å². The van der Waals surface area contributed by atoms with Crippen molar-refractivity contribution in [3.8, 4) is 11.9 Å². The number of ether oxygens (including phenoxy) is 2. The predicted octanol–water partition coefficient (Wildman–Crippen LogP) is 2.59. The van der Waals surface area contributed by atoms with Gasteiger partial charge in [-0.25, -0.2) is 4.98 Å². The Kier molecular flexibility index (Phi) is 5.56. The molecule has 1 heterocycles. The van der Waals surface area contributed by atoms with E-state index in [0.29, 0.717) is 31.2 Å². The van der Waals surface area contributed by atoms with Crippen LogP contribution >= 0.6 is 0 Å². The minimum Gasteiger partial charge on any atom is -0.475 e. The normalized spacial score (nSPS) is 9.90. The molecule has 1 aromatic heterocycles. The van der Waals surface area contributed by atoms with Crippen molar-refractivity contribution in [2.75, 3.05) is 25.6 Å². The molecule has 0 amide bonds. The fourth-order valence-electron chi connectivity index (χ4n) is 1.78. The van der Waals surface area contributed by atoms with E-state index in [-0.39, 0.29) is 0 Å². The first kappa shape index (κ1) is 14.8. The van der Waals surface area contributed by atoms with Crippen LogP contribution in [0, 0.1) is 11.3 Å². The van der Waals surface area contributed by atoms with Crippen molar-refractivity contribution < 1.29 is 9.47 Å². The Morgan fingerprint density at radius 2 is 2.05 bits per heavy atom. The maximum Gasteiger partial charge on any atom is 0.213 e. The number of nitriles is 1. The van der Waals surface area contributed by atoms with E-state index in [0.717, 1.165) is 11.3 Å². The summed E-state index contributed by atoms with van der Waals surface area (Å²) in [7, 11) is 1.63. The first-order valence-corrected chi connectivity index (χ1v) is 6.63. The summed E-state index contributed by atoms with van der Waals surface area (Å²) in [6, 6.07) is 13.4. The maximum absolute atomic E-state index is 9.04. The summed E-state index contributed by atoms with van der Waals surface area (Å²) >= 11 is 0. The fourth-order valence-corrected chi connectivity index (χ4v) is 1.78. The van der Waals surface area contributed by atoms with Gasteiger partial charge in [0.05, 0.1) is 30.1 Å². The van der Waals surface area contributed by atoms with Crippen molar-refractivity contribution in [1.29, 1.82) is 5.26 Å². The molecular weight excluding hydrogens is 266 g/mol. The van der Waals surface area contributed by atoms with Crippen molar-refractivity contribution in [3.63, 3.8) is 0 Å². The third-order valence-electron chi connectivity index (χ3n) is 2.89. The fraction of sp³-hybridized carbons (Fsp3) is 0.250. The van der Waals surface area contributed by atoms with Gasteiger partial charge in [-0.05, 0) is 17.7 Å². The minimum absolute atomic E-state index is 0.478. The standard InChI is InChI=1S/C16H17N3O2/c1-20-8-9-21-16-7-6-15(12-19-16)18-11-14-5-3-2-4-13(14)10-17/h2-7,12,18H,8-9,11H2,1H3. The summed E-state index contributed by atoms with van der Waals surface area (Å²) in [4.78, 5) is 4.20. The van der Waals surface area contributed by atoms with E-state index < -0.39 is 0 Å². The third-order valence-corrected chi connectivity index (χ3v) is 2.89. The van der Waals surface area contributed by atoms with Crippen molar-refractivity contribution in [3.05, 3.63) is 53.7 Å². The summed E-state index contributed by atoms with van der Waals surface area (Å²) in [5.41, 5.74) is 2.51. The number of methoxy groups -OCH3 is 1. The van der Waals surface area contributed by atoms with Crippen LogP contribution in [0.15, 0.2) is 42.6 Å². The molecule has 0 unspecified atom stereocenters. The Morgan fingerprint density at radius 3 is 2.76 bits per heavy atom. The molecular formula is C16H17N3O2. The van der Waals surface area contributed by atoms with Crippen LogP contribution in [0.4, 0.5) is 5.69 Å². The quantitative estimate of drug-likeness (QED) is 0.791. The van der Waals surface area contributed by atoms with Crippen molar-refractivity contribution >= 4 is 5.69 Å². The Labute approximate surface area is 124 Å². The van der Waals surface area contributed by atoms with Crippen LogP contribution in [0.3, 0.4) is 0 Å². The van der Waals surface area contributed by atoms with E-state index in [1.165, 1.54) is 0 Å². The number of nitrogens with zero attached hydrogens (tertiary/aromatic N) is 2. The zero-order valence-corrected chi connectivity index (χ0v) is 11.9. The lowest BCUT2D eigenvalue weighted by Crippen LogP contribution is -2.06. The van der Waals surface area contributed by atoms with Crippen LogP contribution in [0.5, 0.6) is 5.88 Å².